The molecule has 0 radical (unpaired) electrons. The molecule has 0 atom stereocenters. The molecule has 0 saturated heterocycles. The highest BCUT2D eigenvalue weighted by atomic mass is 32.2. The summed E-state index contributed by atoms with van der Waals surface area (Å²) < 4.78 is 0. The molecule has 1 heterocycles. The molecule has 0 bridgehead atoms. The summed E-state index contributed by atoms with van der Waals surface area (Å²) in [7, 11) is 0. The maximum Gasteiger partial charge on any atom is 0.340 e. The molecule has 1 aromatic carbocycles. The van der Waals surface area contributed by atoms with Crippen LogP contribution in [0.15, 0.2) is 35.4 Å². The number of aromatic nitrogens is 2. The Morgan fingerprint density at radius 1 is 1.25 bits per heavy atom. The second-order valence-electron chi connectivity index (χ2n) is 4.33. The van der Waals surface area contributed by atoms with Crippen molar-refractivity contribution in [3.63, 3.8) is 0 Å². The molecule has 4 nitrogen and oxygen atoms in total. The minimum absolute atomic E-state index is 0.211. The van der Waals surface area contributed by atoms with E-state index in [-0.39, 0.29) is 5.56 Å². The summed E-state index contributed by atoms with van der Waals surface area (Å²) >= 11 is 1.47. The quantitative estimate of drug-likeness (QED) is 0.672. The Hall–Kier alpha value is -1.88. The first kappa shape index (κ1) is 14.5. The van der Waals surface area contributed by atoms with Gasteiger partial charge < -0.3 is 5.11 Å². The number of benzene rings is 1. The van der Waals surface area contributed by atoms with Crippen molar-refractivity contribution in [2.45, 2.75) is 25.3 Å². The van der Waals surface area contributed by atoms with Gasteiger partial charge in [0, 0.05) is 5.56 Å². The first-order valence-electron chi connectivity index (χ1n) is 6.43. The fourth-order valence-electron chi connectivity index (χ4n) is 1.81. The zero-order valence-corrected chi connectivity index (χ0v) is 12.3. The maximum atomic E-state index is 11.4. The summed E-state index contributed by atoms with van der Waals surface area (Å²) in [5.74, 6) is 0.442. The Bertz CT molecular complexity index is 615. The highest BCUT2D eigenvalue weighted by Gasteiger charge is 2.18. The maximum absolute atomic E-state index is 11.4. The largest absolute Gasteiger partial charge is 0.478 e. The lowest BCUT2D eigenvalue weighted by molar-refractivity contribution is 0.0691. The third kappa shape index (κ3) is 3.17. The molecule has 0 spiro atoms. The molecule has 20 heavy (non-hydrogen) atoms. The summed E-state index contributed by atoms with van der Waals surface area (Å²) in [6, 6.07) is 9.59. The summed E-state index contributed by atoms with van der Waals surface area (Å²) in [5, 5.41) is 9.86. The molecule has 2 aromatic rings. The topological polar surface area (TPSA) is 63.1 Å². The van der Waals surface area contributed by atoms with Gasteiger partial charge in [0.05, 0.1) is 5.69 Å². The molecule has 1 N–H and O–H groups in total. The number of carbonyl (C=O) groups is 1. The SMILES string of the molecule is CCCSc1nc(-c2ccccc2)nc(C)c1C(=O)O. The zero-order chi connectivity index (χ0) is 14.5. The number of carboxylic acids is 1. The van der Waals surface area contributed by atoms with Gasteiger partial charge in [-0.3, -0.25) is 0 Å². The van der Waals surface area contributed by atoms with Gasteiger partial charge >= 0.3 is 5.97 Å². The van der Waals surface area contributed by atoms with Crippen molar-refractivity contribution in [2.75, 3.05) is 5.75 Å². The van der Waals surface area contributed by atoms with Crippen LogP contribution in [0.25, 0.3) is 11.4 Å². The van der Waals surface area contributed by atoms with Crippen LogP contribution in [-0.2, 0) is 0 Å². The molecule has 0 saturated carbocycles. The van der Waals surface area contributed by atoms with Gasteiger partial charge in [-0.15, -0.1) is 11.8 Å². The summed E-state index contributed by atoms with van der Waals surface area (Å²) in [5.41, 5.74) is 1.61. The highest BCUT2D eigenvalue weighted by molar-refractivity contribution is 7.99. The molecule has 2 rings (SSSR count). The Balaban J connectivity index is 2.51. The van der Waals surface area contributed by atoms with Crippen molar-refractivity contribution in [2.24, 2.45) is 0 Å². The van der Waals surface area contributed by atoms with E-state index in [1.165, 1.54) is 11.8 Å². The number of rotatable bonds is 5. The Morgan fingerprint density at radius 3 is 2.55 bits per heavy atom. The van der Waals surface area contributed by atoms with Crippen LogP contribution in [-0.4, -0.2) is 26.8 Å². The second kappa shape index (κ2) is 6.52. The monoisotopic (exact) mass is 288 g/mol. The summed E-state index contributed by atoms with van der Waals surface area (Å²) in [6.45, 7) is 3.77. The minimum atomic E-state index is -0.972. The number of aromatic carboxylic acids is 1. The van der Waals surface area contributed by atoms with Crippen molar-refractivity contribution in [3.8, 4) is 11.4 Å². The van der Waals surface area contributed by atoms with Gasteiger partial charge in [-0.05, 0) is 19.1 Å². The van der Waals surface area contributed by atoms with Gasteiger partial charge in [-0.2, -0.15) is 0 Å². The van der Waals surface area contributed by atoms with Gasteiger partial charge in [0.25, 0.3) is 0 Å². The smallest absolute Gasteiger partial charge is 0.340 e. The number of nitrogens with zero attached hydrogens (tertiary/aromatic N) is 2. The predicted octanol–water partition coefficient (Wildman–Crippen LogP) is 3.65. The van der Waals surface area contributed by atoms with Crippen LogP contribution < -0.4 is 0 Å². The highest BCUT2D eigenvalue weighted by Crippen LogP contribution is 2.26. The Morgan fingerprint density at radius 2 is 1.95 bits per heavy atom. The molecule has 0 aliphatic rings. The van der Waals surface area contributed by atoms with Crippen LogP contribution in [0.3, 0.4) is 0 Å². The Labute approximate surface area is 122 Å². The molecule has 0 aliphatic carbocycles. The van der Waals surface area contributed by atoms with E-state index in [9.17, 15) is 9.90 Å². The molecular weight excluding hydrogens is 272 g/mol. The third-order valence-electron chi connectivity index (χ3n) is 2.75. The third-order valence-corrected chi connectivity index (χ3v) is 3.93. The van der Waals surface area contributed by atoms with Gasteiger partial charge in [0.15, 0.2) is 5.82 Å². The lowest BCUT2D eigenvalue weighted by Crippen LogP contribution is -2.08. The first-order chi connectivity index (χ1) is 9.63. The van der Waals surface area contributed by atoms with Crippen molar-refractivity contribution >= 4 is 17.7 Å². The van der Waals surface area contributed by atoms with E-state index < -0.39 is 5.97 Å². The van der Waals surface area contributed by atoms with Crippen molar-refractivity contribution in [3.05, 3.63) is 41.6 Å². The second-order valence-corrected chi connectivity index (χ2v) is 5.42. The summed E-state index contributed by atoms with van der Waals surface area (Å²) in [6.07, 6.45) is 0.966. The molecule has 104 valence electrons. The summed E-state index contributed by atoms with van der Waals surface area (Å²) in [4.78, 5) is 20.1. The van der Waals surface area contributed by atoms with Crippen molar-refractivity contribution in [1.82, 2.24) is 9.97 Å². The fourth-order valence-corrected chi connectivity index (χ4v) is 2.74. The fraction of sp³-hybridized carbons (Fsp3) is 0.267. The lowest BCUT2D eigenvalue weighted by Gasteiger charge is -2.10. The lowest BCUT2D eigenvalue weighted by atomic mass is 10.2. The predicted molar refractivity (Wildman–Crippen MR) is 80.2 cm³/mol. The van der Waals surface area contributed by atoms with Gasteiger partial charge in [0.1, 0.15) is 10.6 Å². The molecule has 1 aromatic heterocycles. The van der Waals surface area contributed by atoms with Gasteiger partial charge in [-0.1, -0.05) is 37.3 Å². The van der Waals surface area contributed by atoms with Crippen molar-refractivity contribution in [1.29, 1.82) is 0 Å². The molecule has 5 heteroatoms. The van der Waals surface area contributed by atoms with Crippen LogP contribution >= 0.6 is 11.8 Å². The van der Waals surface area contributed by atoms with Gasteiger partial charge in [0.2, 0.25) is 0 Å². The number of aryl methyl sites for hydroxylation is 1. The van der Waals surface area contributed by atoms with Crippen LogP contribution in [0.2, 0.25) is 0 Å². The molecule has 0 aliphatic heterocycles. The van der Waals surface area contributed by atoms with Crippen molar-refractivity contribution < 1.29 is 9.90 Å². The first-order valence-corrected chi connectivity index (χ1v) is 7.42. The van der Waals surface area contributed by atoms with Crippen LogP contribution in [0.5, 0.6) is 0 Å². The van der Waals surface area contributed by atoms with Crippen LogP contribution in [0, 0.1) is 6.92 Å². The molecular formula is C15H16N2O2S. The average Bonchev–Trinajstić information content (AvgIpc) is 2.45. The van der Waals surface area contributed by atoms with Crippen LogP contribution in [0.4, 0.5) is 0 Å². The van der Waals surface area contributed by atoms with E-state index in [1.807, 2.05) is 30.3 Å². The molecule has 0 fully saturated rings. The molecule has 0 unspecified atom stereocenters. The van der Waals surface area contributed by atoms with Crippen LogP contribution in [0.1, 0.15) is 29.4 Å². The van der Waals surface area contributed by atoms with E-state index in [0.717, 1.165) is 17.7 Å². The van der Waals surface area contributed by atoms with E-state index in [0.29, 0.717) is 16.5 Å². The minimum Gasteiger partial charge on any atom is -0.478 e. The van der Waals surface area contributed by atoms with E-state index >= 15 is 0 Å². The van der Waals surface area contributed by atoms with Gasteiger partial charge in [-0.25, -0.2) is 14.8 Å². The normalized spacial score (nSPS) is 10.5. The Kier molecular flexibility index (Phi) is 4.74. The number of hydrogen-bond acceptors (Lipinski definition) is 4. The number of carboxylic acid groups (broad SMARTS) is 1. The van der Waals surface area contributed by atoms with E-state index in [1.54, 1.807) is 6.92 Å². The average molecular weight is 288 g/mol. The number of hydrogen-bond donors (Lipinski definition) is 1. The standard InChI is InChI=1S/C15H16N2O2S/c1-3-9-20-14-12(15(18)19)10(2)16-13(17-14)11-7-5-4-6-8-11/h4-8H,3,9H2,1-2H3,(H,18,19). The van der Waals surface area contributed by atoms with E-state index in [2.05, 4.69) is 16.9 Å². The number of thioether (sulfide) groups is 1. The molecule has 0 amide bonds. The van der Waals surface area contributed by atoms with E-state index in [4.69, 9.17) is 0 Å². The zero-order valence-electron chi connectivity index (χ0n) is 11.5.